The van der Waals surface area contributed by atoms with E-state index in [1.165, 1.54) is 0 Å². The predicted octanol–water partition coefficient (Wildman–Crippen LogP) is 1.76. The van der Waals surface area contributed by atoms with Crippen molar-refractivity contribution in [1.29, 1.82) is 0 Å². The highest BCUT2D eigenvalue weighted by Crippen LogP contribution is 2.35. The molecule has 0 atom stereocenters. The monoisotopic (exact) mass is 241 g/mol. The Labute approximate surface area is 105 Å². The summed E-state index contributed by atoms with van der Waals surface area (Å²) in [6.45, 7) is 0.859. The Morgan fingerprint density at radius 3 is 2.78 bits per heavy atom. The maximum atomic E-state index is 12.3. The molecule has 0 spiro atoms. The zero-order chi connectivity index (χ0) is 12.5. The molecule has 0 radical (unpaired) electrons. The van der Waals surface area contributed by atoms with Gasteiger partial charge in [-0.25, -0.2) is 0 Å². The van der Waals surface area contributed by atoms with E-state index < -0.39 is 0 Å². The van der Waals surface area contributed by atoms with Gasteiger partial charge >= 0.3 is 0 Å². The smallest absolute Gasteiger partial charge is 0.259 e. The molecule has 4 nitrogen and oxygen atoms in total. The van der Waals surface area contributed by atoms with Gasteiger partial charge in [0, 0.05) is 24.4 Å². The van der Waals surface area contributed by atoms with E-state index in [9.17, 15) is 4.79 Å². The average molecular weight is 241 g/mol. The van der Waals surface area contributed by atoms with Crippen LogP contribution in [0.4, 0.5) is 0 Å². The number of benzene rings is 1. The van der Waals surface area contributed by atoms with Crippen LogP contribution in [0.2, 0.25) is 0 Å². The van der Waals surface area contributed by atoms with Crippen molar-refractivity contribution in [3.05, 3.63) is 35.5 Å². The van der Waals surface area contributed by atoms with Gasteiger partial charge in [0.25, 0.3) is 5.91 Å². The van der Waals surface area contributed by atoms with Gasteiger partial charge in [-0.3, -0.25) is 4.79 Å². The summed E-state index contributed by atoms with van der Waals surface area (Å²) in [6, 6.07) is 3.33. The number of terminal acetylenes is 1. The van der Waals surface area contributed by atoms with E-state index in [0.29, 0.717) is 29.2 Å². The second-order valence-electron chi connectivity index (χ2n) is 4.07. The van der Waals surface area contributed by atoms with Crippen LogP contribution < -0.4 is 9.47 Å². The van der Waals surface area contributed by atoms with Crippen LogP contribution in [-0.2, 0) is 0 Å². The van der Waals surface area contributed by atoms with Crippen LogP contribution in [0.5, 0.6) is 11.5 Å². The lowest BCUT2D eigenvalue weighted by Gasteiger charge is -2.14. The number of fused-ring (bicyclic) bond motifs is 1. The molecule has 1 amide bonds. The second-order valence-corrected chi connectivity index (χ2v) is 4.07. The molecule has 0 aliphatic carbocycles. The largest absolute Gasteiger partial charge is 0.454 e. The SMILES string of the molecule is C#Cc1cc2c(cc1C(=O)N1C=CCC1)OCO2. The highest BCUT2D eigenvalue weighted by Gasteiger charge is 2.23. The molecule has 18 heavy (non-hydrogen) atoms. The van der Waals surface area contributed by atoms with Crippen LogP contribution in [0, 0.1) is 12.3 Å². The third-order valence-electron chi connectivity index (χ3n) is 2.98. The van der Waals surface area contributed by atoms with Gasteiger partial charge in [0.1, 0.15) is 0 Å². The first-order valence-corrected chi connectivity index (χ1v) is 5.67. The van der Waals surface area contributed by atoms with Crippen LogP contribution in [0.15, 0.2) is 24.4 Å². The molecule has 1 aromatic carbocycles. The zero-order valence-corrected chi connectivity index (χ0v) is 9.68. The highest BCUT2D eigenvalue weighted by molar-refractivity contribution is 5.98. The first-order chi connectivity index (χ1) is 8.79. The van der Waals surface area contributed by atoms with E-state index in [1.807, 2.05) is 6.08 Å². The molecule has 0 fully saturated rings. The summed E-state index contributed by atoms with van der Waals surface area (Å²) in [4.78, 5) is 14.0. The number of ether oxygens (including phenoxy) is 2. The number of carbonyl (C=O) groups excluding carboxylic acids is 1. The van der Waals surface area contributed by atoms with Crippen molar-refractivity contribution in [2.45, 2.75) is 6.42 Å². The van der Waals surface area contributed by atoms with Gasteiger partial charge < -0.3 is 14.4 Å². The van der Waals surface area contributed by atoms with E-state index in [1.54, 1.807) is 23.2 Å². The molecule has 0 saturated carbocycles. The van der Waals surface area contributed by atoms with Crippen LogP contribution in [0.25, 0.3) is 0 Å². The topological polar surface area (TPSA) is 38.8 Å². The lowest BCUT2D eigenvalue weighted by Crippen LogP contribution is -2.24. The van der Waals surface area contributed by atoms with Crippen molar-refractivity contribution in [3.8, 4) is 23.8 Å². The maximum Gasteiger partial charge on any atom is 0.259 e. The Hall–Kier alpha value is -2.41. The van der Waals surface area contributed by atoms with Gasteiger partial charge in [0.2, 0.25) is 6.79 Å². The molecule has 2 aliphatic heterocycles. The highest BCUT2D eigenvalue weighted by atomic mass is 16.7. The van der Waals surface area contributed by atoms with Gasteiger partial charge in [-0.15, -0.1) is 6.42 Å². The summed E-state index contributed by atoms with van der Waals surface area (Å²) in [6.07, 6.45) is 10.1. The Bertz CT molecular complexity index is 583. The predicted molar refractivity (Wildman–Crippen MR) is 65.3 cm³/mol. The van der Waals surface area contributed by atoms with Gasteiger partial charge in [-0.05, 0) is 12.5 Å². The molecule has 2 aliphatic rings. The number of rotatable bonds is 1. The molecule has 90 valence electrons. The first kappa shape index (κ1) is 10.7. The molecule has 1 aromatic rings. The molecule has 0 bridgehead atoms. The molecule has 0 saturated heterocycles. The van der Waals surface area contributed by atoms with E-state index >= 15 is 0 Å². The summed E-state index contributed by atoms with van der Waals surface area (Å²) < 4.78 is 10.5. The summed E-state index contributed by atoms with van der Waals surface area (Å²) in [5.41, 5.74) is 1.01. The molecule has 2 heterocycles. The van der Waals surface area contributed by atoms with Gasteiger partial charge in [0.05, 0.1) is 5.56 Å². The number of amides is 1. The van der Waals surface area contributed by atoms with Gasteiger partial charge in [-0.2, -0.15) is 0 Å². The minimum Gasteiger partial charge on any atom is -0.454 e. The van der Waals surface area contributed by atoms with Gasteiger partial charge in [0.15, 0.2) is 11.5 Å². The molecular formula is C14H11NO3. The van der Waals surface area contributed by atoms with Crippen LogP contribution in [0.1, 0.15) is 22.3 Å². The molecule has 3 rings (SSSR count). The summed E-state index contributed by atoms with van der Waals surface area (Å²) in [7, 11) is 0. The Kier molecular flexibility index (Phi) is 2.45. The second kappa shape index (κ2) is 4.11. The number of nitrogens with zero attached hydrogens (tertiary/aromatic N) is 1. The molecule has 0 aromatic heterocycles. The van der Waals surface area contributed by atoms with E-state index in [-0.39, 0.29) is 12.7 Å². The quantitative estimate of drug-likeness (QED) is 0.703. The van der Waals surface area contributed by atoms with Crippen LogP contribution in [0.3, 0.4) is 0 Å². The fourth-order valence-electron chi connectivity index (χ4n) is 2.05. The van der Waals surface area contributed by atoms with Crippen molar-refractivity contribution in [3.63, 3.8) is 0 Å². The van der Waals surface area contributed by atoms with Crippen LogP contribution >= 0.6 is 0 Å². The zero-order valence-electron chi connectivity index (χ0n) is 9.68. The number of carbonyl (C=O) groups is 1. The normalized spacial score (nSPS) is 15.8. The molecule has 4 heteroatoms. The molecular weight excluding hydrogens is 230 g/mol. The van der Waals surface area contributed by atoms with Crippen molar-refractivity contribution in [1.82, 2.24) is 4.90 Å². The third-order valence-corrected chi connectivity index (χ3v) is 2.98. The summed E-state index contributed by atoms with van der Waals surface area (Å²) >= 11 is 0. The fraction of sp³-hybridized carbons (Fsp3) is 0.214. The lowest BCUT2D eigenvalue weighted by atomic mass is 10.1. The standard InChI is InChI=1S/C14H11NO3/c1-2-10-7-12-13(18-9-17-12)8-11(10)14(16)15-5-3-4-6-15/h1,3,5,7-8H,4,6,9H2. The van der Waals surface area contributed by atoms with Crippen molar-refractivity contribution in [2.24, 2.45) is 0 Å². The minimum absolute atomic E-state index is 0.102. The minimum atomic E-state index is -0.102. The van der Waals surface area contributed by atoms with Gasteiger partial charge in [-0.1, -0.05) is 12.0 Å². The van der Waals surface area contributed by atoms with Crippen molar-refractivity contribution in [2.75, 3.05) is 13.3 Å². The molecule has 0 unspecified atom stereocenters. The summed E-state index contributed by atoms with van der Waals surface area (Å²) in [5, 5.41) is 0. The Morgan fingerprint density at radius 1 is 1.33 bits per heavy atom. The Balaban J connectivity index is 2.03. The number of hydrogen-bond donors (Lipinski definition) is 0. The lowest BCUT2D eigenvalue weighted by molar-refractivity contribution is 0.0832. The third kappa shape index (κ3) is 1.61. The fourth-order valence-corrected chi connectivity index (χ4v) is 2.05. The summed E-state index contributed by atoms with van der Waals surface area (Å²) in [5.74, 6) is 3.58. The van der Waals surface area contributed by atoms with E-state index in [4.69, 9.17) is 15.9 Å². The maximum absolute atomic E-state index is 12.3. The number of hydrogen-bond acceptors (Lipinski definition) is 3. The van der Waals surface area contributed by atoms with E-state index in [0.717, 1.165) is 6.42 Å². The Morgan fingerprint density at radius 2 is 2.11 bits per heavy atom. The average Bonchev–Trinajstić information content (AvgIpc) is 3.06. The molecule has 0 N–H and O–H groups in total. The van der Waals surface area contributed by atoms with Crippen LogP contribution in [-0.4, -0.2) is 24.1 Å². The van der Waals surface area contributed by atoms with Crippen molar-refractivity contribution < 1.29 is 14.3 Å². The van der Waals surface area contributed by atoms with Crippen molar-refractivity contribution >= 4 is 5.91 Å². The first-order valence-electron chi connectivity index (χ1n) is 5.67. The van der Waals surface area contributed by atoms with E-state index in [2.05, 4.69) is 5.92 Å².